The molecule has 1 aromatic heterocycles. The largest absolute Gasteiger partial charge is 0.349 e. The first-order valence-electron chi connectivity index (χ1n) is 9.08. The van der Waals surface area contributed by atoms with Crippen LogP contribution in [-0.2, 0) is 13.0 Å². The van der Waals surface area contributed by atoms with Crippen LogP contribution in [0.4, 0.5) is 4.39 Å². The first kappa shape index (κ1) is 17.4. The predicted octanol–water partition coefficient (Wildman–Crippen LogP) is 2.80. The third-order valence-electron chi connectivity index (χ3n) is 4.84. The highest BCUT2D eigenvalue weighted by Gasteiger charge is 2.16. The molecule has 0 saturated carbocycles. The van der Waals surface area contributed by atoms with Crippen molar-refractivity contribution in [2.45, 2.75) is 13.0 Å². The van der Waals surface area contributed by atoms with Gasteiger partial charge in [-0.25, -0.2) is 9.07 Å². The minimum Gasteiger partial charge on any atom is -0.349 e. The fourth-order valence-electron chi connectivity index (χ4n) is 3.38. The number of para-hydroxylation sites is 1. The lowest BCUT2D eigenvalue weighted by molar-refractivity contribution is 0.0942. The van der Waals surface area contributed by atoms with Crippen LogP contribution in [0.3, 0.4) is 0 Å². The number of nitrogens with zero attached hydrogens (tertiary/aromatic N) is 3. The molecular weight excluding hydrogens is 343 g/mol. The van der Waals surface area contributed by atoms with Crippen LogP contribution < -0.4 is 5.32 Å². The molecule has 1 aliphatic rings. The molecule has 0 saturated heterocycles. The Balaban J connectivity index is 1.31. The molecule has 0 atom stereocenters. The molecule has 27 heavy (non-hydrogen) atoms. The molecule has 0 radical (unpaired) electrons. The van der Waals surface area contributed by atoms with Gasteiger partial charge < -0.3 is 5.32 Å². The number of rotatable bonds is 5. The van der Waals surface area contributed by atoms with Crippen molar-refractivity contribution in [1.29, 1.82) is 0 Å². The molecule has 0 aliphatic carbocycles. The lowest BCUT2D eigenvalue weighted by Gasteiger charge is -2.28. The van der Waals surface area contributed by atoms with E-state index in [9.17, 15) is 9.18 Å². The number of nitrogens with one attached hydrogen (secondary N) is 1. The van der Waals surface area contributed by atoms with Crippen LogP contribution in [0.15, 0.2) is 60.8 Å². The molecule has 1 aliphatic heterocycles. The summed E-state index contributed by atoms with van der Waals surface area (Å²) in [6, 6.07) is 16.4. The zero-order valence-corrected chi connectivity index (χ0v) is 14.9. The molecule has 3 aromatic rings. The third-order valence-corrected chi connectivity index (χ3v) is 4.84. The summed E-state index contributed by atoms with van der Waals surface area (Å²) in [6.45, 7) is 3.24. The number of hydrogen-bond donors (Lipinski definition) is 1. The van der Waals surface area contributed by atoms with Crippen molar-refractivity contribution in [3.8, 4) is 5.69 Å². The molecule has 2 aromatic carbocycles. The van der Waals surface area contributed by atoms with E-state index in [1.54, 1.807) is 30.5 Å². The first-order chi connectivity index (χ1) is 13.2. The number of fused-ring (bicyclic) bond motifs is 1. The summed E-state index contributed by atoms with van der Waals surface area (Å²) in [6.07, 6.45) is 2.63. The van der Waals surface area contributed by atoms with Gasteiger partial charge in [-0.1, -0.05) is 36.4 Å². The van der Waals surface area contributed by atoms with Crippen molar-refractivity contribution in [2.24, 2.45) is 0 Å². The van der Waals surface area contributed by atoms with Gasteiger partial charge in [0.15, 0.2) is 5.69 Å². The molecule has 0 unspecified atom stereocenters. The van der Waals surface area contributed by atoms with Gasteiger partial charge in [-0.3, -0.25) is 9.69 Å². The Labute approximate surface area is 157 Å². The lowest BCUT2D eigenvalue weighted by Crippen LogP contribution is -2.37. The Morgan fingerprint density at radius 1 is 1.07 bits per heavy atom. The van der Waals surface area contributed by atoms with Crippen molar-refractivity contribution in [3.05, 3.63) is 83.4 Å². The second-order valence-electron chi connectivity index (χ2n) is 6.65. The number of hydrogen-bond acceptors (Lipinski definition) is 3. The van der Waals surface area contributed by atoms with E-state index in [2.05, 4.69) is 39.6 Å². The molecule has 0 spiro atoms. The topological polar surface area (TPSA) is 50.2 Å². The quantitative estimate of drug-likeness (QED) is 0.757. The molecule has 4 rings (SSSR count). The second kappa shape index (κ2) is 7.72. The smallest absolute Gasteiger partial charge is 0.271 e. The zero-order valence-electron chi connectivity index (χ0n) is 14.9. The maximum Gasteiger partial charge on any atom is 0.271 e. The second-order valence-corrected chi connectivity index (χ2v) is 6.65. The van der Waals surface area contributed by atoms with E-state index in [0.29, 0.717) is 12.2 Å². The van der Waals surface area contributed by atoms with Gasteiger partial charge in [0.1, 0.15) is 11.5 Å². The van der Waals surface area contributed by atoms with Crippen LogP contribution in [0, 0.1) is 5.82 Å². The summed E-state index contributed by atoms with van der Waals surface area (Å²) in [4.78, 5) is 14.6. The van der Waals surface area contributed by atoms with E-state index < -0.39 is 0 Å². The van der Waals surface area contributed by atoms with E-state index in [1.807, 2.05) is 0 Å². The van der Waals surface area contributed by atoms with Gasteiger partial charge in [0.25, 0.3) is 5.91 Å². The number of aromatic nitrogens is 2. The van der Waals surface area contributed by atoms with Gasteiger partial charge in [0.05, 0.1) is 0 Å². The zero-order chi connectivity index (χ0) is 18.6. The molecule has 1 N–H and O–H groups in total. The Morgan fingerprint density at radius 2 is 1.85 bits per heavy atom. The minimum absolute atomic E-state index is 0.248. The lowest BCUT2D eigenvalue weighted by atomic mass is 10.00. The number of amides is 1. The molecule has 138 valence electrons. The summed E-state index contributed by atoms with van der Waals surface area (Å²) in [5, 5.41) is 7.09. The summed E-state index contributed by atoms with van der Waals surface area (Å²) < 4.78 is 15.2. The van der Waals surface area contributed by atoms with E-state index in [4.69, 9.17) is 0 Å². The van der Waals surface area contributed by atoms with Crippen LogP contribution in [0.5, 0.6) is 0 Å². The van der Waals surface area contributed by atoms with Crippen LogP contribution in [0.1, 0.15) is 21.6 Å². The maximum atomic E-state index is 13.8. The van der Waals surface area contributed by atoms with Crippen LogP contribution in [-0.4, -0.2) is 40.2 Å². The molecule has 2 heterocycles. The average Bonchev–Trinajstić information content (AvgIpc) is 3.18. The van der Waals surface area contributed by atoms with Crippen molar-refractivity contribution < 1.29 is 9.18 Å². The van der Waals surface area contributed by atoms with Crippen LogP contribution in [0.2, 0.25) is 0 Å². The molecular formula is C21H21FN4O. The Hall–Kier alpha value is -2.99. The Morgan fingerprint density at radius 3 is 2.70 bits per heavy atom. The van der Waals surface area contributed by atoms with Gasteiger partial charge in [-0.05, 0) is 35.7 Å². The fourth-order valence-corrected chi connectivity index (χ4v) is 3.38. The Bertz CT molecular complexity index is 953. The fraction of sp³-hybridized carbons (Fsp3) is 0.238. The van der Waals surface area contributed by atoms with Gasteiger partial charge in [-0.15, -0.1) is 0 Å². The first-order valence-corrected chi connectivity index (χ1v) is 9.08. The van der Waals surface area contributed by atoms with E-state index >= 15 is 0 Å². The number of carbonyl (C=O) groups is 1. The Kier molecular flexibility index (Phi) is 4.98. The van der Waals surface area contributed by atoms with Crippen molar-refractivity contribution in [1.82, 2.24) is 20.0 Å². The summed E-state index contributed by atoms with van der Waals surface area (Å²) in [5.74, 6) is -0.625. The van der Waals surface area contributed by atoms with Crippen molar-refractivity contribution in [3.63, 3.8) is 0 Å². The third kappa shape index (κ3) is 3.90. The predicted molar refractivity (Wildman–Crippen MR) is 101 cm³/mol. The van der Waals surface area contributed by atoms with Gasteiger partial charge in [0, 0.05) is 32.4 Å². The van der Waals surface area contributed by atoms with Gasteiger partial charge in [0.2, 0.25) is 0 Å². The summed E-state index contributed by atoms with van der Waals surface area (Å²) in [5.41, 5.74) is 3.38. The van der Waals surface area contributed by atoms with Crippen LogP contribution in [0.25, 0.3) is 5.69 Å². The normalized spacial score (nSPS) is 14.0. The highest BCUT2D eigenvalue weighted by molar-refractivity contribution is 5.92. The SMILES string of the molecule is O=C(NCCN1CCc2ccccc2C1)c1ccn(-c2ccccc2F)n1. The minimum atomic E-state index is -0.377. The van der Waals surface area contributed by atoms with Crippen molar-refractivity contribution in [2.75, 3.05) is 19.6 Å². The summed E-state index contributed by atoms with van der Waals surface area (Å²) in [7, 11) is 0. The molecule has 0 bridgehead atoms. The standard InChI is InChI=1S/C21H21FN4O/c22-18-7-3-4-8-20(18)26-13-10-19(24-26)21(27)23-11-14-25-12-9-16-5-1-2-6-17(16)15-25/h1-8,10,13H,9,11-12,14-15H2,(H,23,27). The molecule has 0 fully saturated rings. The molecule has 5 nitrogen and oxygen atoms in total. The number of halogens is 1. The van der Waals surface area contributed by atoms with Gasteiger partial charge >= 0.3 is 0 Å². The number of benzene rings is 2. The molecule has 1 amide bonds. The highest BCUT2D eigenvalue weighted by atomic mass is 19.1. The average molecular weight is 364 g/mol. The van der Waals surface area contributed by atoms with Gasteiger partial charge in [-0.2, -0.15) is 5.10 Å². The number of carbonyl (C=O) groups excluding carboxylic acids is 1. The van der Waals surface area contributed by atoms with E-state index in [-0.39, 0.29) is 17.4 Å². The van der Waals surface area contributed by atoms with E-state index in [0.717, 1.165) is 26.1 Å². The highest BCUT2D eigenvalue weighted by Crippen LogP contribution is 2.17. The summed E-state index contributed by atoms with van der Waals surface area (Å²) >= 11 is 0. The monoisotopic (exact) mass is 364 g/mol. The van der Waals surface area contributed by atoms with E-state index in [1.165, 1.54) is 21.9 Å². The van der Waals surface area contributed by atoms with Crippen LogP contribution >= 0.6 is 0 Å². The molecule has 6 heteroatoms. The van der Waals surface area contributed by atoms with Crippen molar-refractivity contribution >= 4 is 5.91 Å². The maximum absolute atomic E-state index is 13.8.